The zero-order valence-corrected chi connectivity index (χ0v) is 11.7. The third kappa shape index (κ3) is 3.64. The fraction of sp³-hybridized carbons (Fsp3) is 0.214. The minimum absolute atomic E-state index is 0.00848. The number of aromatic carboxylic acids is 1. The van der Waals surface area contributed by atoms with Crippen LogP contribution in [0.4, 0.5) is 0 Å². The van der Waals surface area contributed by atoms with Crippen LogP contribution in [0.2, 0.25) is 0 Å². The highest BCUT2D eigenvalue weighted by atomic mass is 32.1. The molecule has 0 radical (unpaired) electrons. The molecule has 1 atom stereocenters. The van der Waals surface area contributed by atoms with Crippen LogP contribution in [0.1, 0.15) is 34.0 Å². The van der Waals surface area contributed by atoms with Crippen molar-refractivity contribution in [3.05, 3.63) is 52.0 Å². The molecule has 104 valence electrons. The average Bonchev–Trinajstić information content (AvgIpc) is 2.89. The molecular formula is C14H14N2O3S. The number of nitrogens with zero attached hydrogens (tertiary/aromatic N) is 1. The summed E-state index contributed by atoms with van der Waals surface area (Å²) in [6, 6.07) is 9.13. The van der Waals surface area contributed by atoms with Crippen molar-refractivity contribution in [3.8, 4) is 0 Å². The second-order valence-corrected chi connectivity index (χ2v) is 5.22. The molecule has 1 heterocycles. The highest BCUT2D eigenvalue weighted by molar-refractivity contribution is 7.09. The van der Waals surface area contributed by atoms with Crippen LogP contribution in [0.15, 0.2) is 35.7 Å². The molecule has 0 bridgehead atoms. The van der Waals surface area contributed by atoms with E-state index in [1.165, 1.54) is 16.7 Å². The number of hydrogen-bond donors (Lipinski definition) is 2. The maximum atomic E-state index is 11.9. The van der Waals surface area contributed by atoms with Gasteiger partial charge < -0.3 is 10.4 Å². The summed E-state index contributed by atoms with van der Waals surface area (Å²) >= 11 is 1.23. The fourth-order valence-corrected chi connectivity index (χ4v) is 2.52. The highest BCUT2D eigenvalue weighted by Gasteiger charge is 2.15. The molecule has 0 aliphatic heterocycles. The van der Waals surface area contributed by atoms with E-state index in [4.69, 9.17) is 5.11 Å². The van der Waals surface area contributed by atoms with E-state index in [0.29, 0.717) is 11.4 Å². The predicted octanol–water partition coefficient (Wildman–Crippen LogP) is 2.26. The number of carboxylic acid groups (broad SMARTS) is 1. The smallest absolute Gasteiger partial charge is 0.355 e. The first kappa shape index (κ1) is 14.2. The van der Waals surface area contributed by atoms with Gasteiger partial charge in [-0.3, -0.25) is 4.79 Å². The Morgan fingerprint density at radius 3 is 2.65 bits per heavy atom. The Morgan fingerprint density at radius 1 is 1.35 bits per heavy atom. The molecule has 0 spiro atoms. The van der Waals surface area contributed by atoms with Gasteiger partial charge in [0.05, 0.1) is 12.5 Å². The second kappa shape index (κ2) is 6.29. The molecule has 0 aliphatic carbocycles. The maximum absolute atomic E-state index is 11.9. The Hall–Kier alpha value is -2.21. The zero-order valence-electron chi connectivity index (χ0n) is 10.9. The third-order valence-electron chi connectivity index (χ3n) is 2.70. The number of nitrogens with one attached hydrogen (secondary N) is 1. The van der Waals surface area contributed by atoms with Crippen molar-refractivity contribution in [2.75, 3.05) is 0 Å². The minimum atomic E-state index is -1.06. The van der Waals surface area contributed by atoms with Gasteiger partial charge in [-0.1, -0.05) is 30.3 Å². The summed E-state index contributed by atoms with van der Waals surface area (Å²) in [6.07, 6.45) is 0.294. The Labute approximate surface area is 120 Å². The van der Waals surface area contributed by atoms with E-state index in [-0.39, 0.29) is 17.6 Å². The van der Waals surface area contributed by atoms with E-state index in [2.05, 4.69) is 10.3 Å². The Balaban J connectivity index is 1.95. The SMILES string of the molecule is CC(NC(=O)Cc1ccccc1)c1nc(C(=O)O)cs1. The summed E-state index contributed by atoms with van der Waals surface area (Å²) in [5, 5.41) is 13.7. The van der Waals surface area contributed by atoms with Gasteiger partial charge in [-0.15, -0.1) is 11.3 Å². The lowest BCUT2D eigenvalue weighted by Crippen LogP contribution is -2.28. The summed E-state index contributed by atoms with van der Waals surface area (Å²) in [4.78, 5) is 26.6. The van der Waals surface area contributed by atoms with Crippen LogP contribution in [0, 0.1) is 0 Å². The van der Waals surface area contributed by atoms with Gasteiger partial charge in [0.15, 0.2) is 5.69 Å². The summed E-state index contributed by atoms with van der Waals surface area (Å²) in [5.41, 5.74) is 0.941. The molecule has 1 unspecified atom stereocenters. The van der Waals surface area contributed by atoms with Crippen molar-refractivity contribution >= 4 is 23.2 Å². The third-order valence-corrected chi connectivity index (χ3v) is 3.72. The number of hydrogen-bond acceptors (Lipinski definition) is 4. The van der Waals surface area contributed by atoms with Crippen molar-refractivity contribution < 1.29 is 14.7 Å². The van der Waals surface area contributed by atoms with Gasteiger partial charge in [0.25, 0.3) is 0 Å². The topological polar surface area (TPSA) is 79.3 Å². The molecule has 0 aliphatic rings. The second-order valence-electron chi connectivity index (χ2n) is 4.33. The standard InChI is InChI=1S/C14H14N2O3S/c1-9(13-16-11(8-20-13)14(18)19)15-12(17)7-10-5-3-2-4-6-10/h2-6,8-9H,7H2,1H3,(H,15,17)(H,18,19). The van der Waals surface area contributed by atoms with Gasteiger partial charge in [0, 0.05) is 5.38 Å². The fourth-order valence-electron chi connectivity index (χ4n) is 1.72. The lowest BCUT2D eigenvalue weighted by Gasteiger charge is -2.11. The van der Waals surface area contributed by atoms with Crippen molar-refractivity contribution in [2.24, 2.45) is 0 Å². The summed E-state index contributed by atoms with van der Waals surface area (Å²) in [5.74, 6) is -1.17. The van der Waals surface area contributed by atoms with Crippen molar-refractivity contribution in [2.45, 2.75) is 19.4 Å². The number of carbonyl (C=O) groups is 2. The number of rotatable bonds is 5. The average molecular weight is 290 g/mol. The van der Waals surface area contributed by atoms with Gasteiger partial charge in [0.2, 0.25) is 5.91 Å². The van der Waals surface area contributed by atoms with Crippen LogP contribution < -0.4 is 5.32 Å². The zero-order chi connectivity index (χ0) is 14.5. The van der Waals surface area contributed by atoms with Gasteiger partial charge in [-0.25, -0.2) is 9.78 Å². The summed E-state index contributed by atoms with van der Waals surface area (Å²) < 4.78 is 0. The Bertz CT molecular complexity index is 610. The van der Waals surface area contributed by atoms with Gasteiger partial charge in [-0.2, -0.15) is 0 Å². The number of amides is 1. The molecule has 1 aromatic carbocycles. The summed E-state index contributed by atoms with van der Waals surface area (Å²) in [6.45, 7) is 1.79. The van der Waals surface area contributed by atoms with E-state index in [1.54, 1.807) is 6.92 Å². The number of benzene rings is 1. The predicted molar refractivity (Wildman–Crippen MR) is 75.8 cm³/mol. The van der Waals surface area contributed by atoms with E-state index in [9.17, 15) is 9.59 Å². The molecule has 0 fully saturated rings. The van der Waals surface area contributed by atoms with Gasteiger partial charge >= 0.3 is 5.97 Å². The largest absolute Gasteiger partial charge is 0.476 e. The van der Waals surface area contributed by atoms with Crippen molar-refractivity contribution in [1.29, 1.82) is 0 Å². The molecule has 1 amide bonds. The molecule has 2 aromatic rings. The first-order valence-electron chi connectivity index (χ1n) is 6.08. The maximum Gasteiger partial charge on any atom is 0.355 e. The number of aromatic nitrogens is 1. The van der Waals surface area contributed by atoms with E-state index in [0.717, 1.165) is 5.56 Å². The molecule has 20 heavy (non-hydrogen) atoms. The molecular weight excluding hydrogens is 276 g/mol. The van der Waals surface area contributed by atoms with Crippen LogP contribution in [0.5, 0.6) is 0 Å². The molecule has 1 aromatic heterocycles. The van der Waals surface area contributed by atoms with Crippen LogP contribution in [0.25, 0.3) is 0 Å². The number of carboxylic acids is 1. The summed E-state index contributed by atoms with van der Waals surface area (Å²) in [7, 11) is 0. The monoisotopic (exact) mass is 290 g/mol. The quantitative estimate of drug-likeness (QED) is 0.885. The van der Waals surface area contributed by atoms with E-state index < -0.39 is 5.97 Å². The van der Waals surface area contributed by atoms with Gasteiger partial charge in [0.1, 0.15) is 5.01 Å². The highest BCUT2D eigenvalue weighted by Crippen LogP contribution is 2.18. The van der Waals surface area contributed by atoms with Crippen LogP contribution >= 0.6 is 11.3 Å². The lowest BCUT2D eigenvalue weighted by molar-refractivity contribution is -0.121. The molecule has 5 nitrogen and oxygen atoms in total. The molecule has 0 saturated heterocycles. The van der Waals surface area contributed by atoms with Crippen LogP contribution in [-0.4, -0.2) is 22.0 Å². The van der Waals surface area contributed by atoms with Gasteiger partial charge in [-0.05, 0) is 12.5 Å². The van der Waals surface area contributed by atoms with E-state index >= 15 is 0 Å². The first-order chi connectivity index (χ1) is 9.56. The molecule has 6 heteroatoms. The van der Waals surface area contributed by atoms with Crippen molar-refractivity contribution in [1.82, 2.24) is 10.3 Å². The van der Waals surface area contributed by atoms with Crippen molar-refractivity contribution in [3.63, 3.8) is 0 Å². The Morgan fingerprint density at radius 2 is 2.05 bits per heavy atom. The molecule has 2 rings (SSSR count). The molecule has 0 saturated carbocycles. The number of carbonyl (C=O) groups excluding carboxylic acids is 1. The Kier molecular flexibility index (Phi) is 4.47. The van der Waals surface area contributed by atoms with E-state index in [1.807, 2.05) is 30.3 Å². The number of thiazole rings is 1. The normalized spacial score (nSPS) is 11.8. The van der Waals surface area contributed by atoms with Crippen LogP contribution in [-0.2, 0) is 11.2 Å². The first-order valence-corrected chi connectivity index (χ1v) is 6.96. The minimum Gasteiger partial charge on any atom is -0.476 e. The lowest BCUT2D eigenvalue weighted by atomic mass is 10.1. The van der Waals surface area contributed by atoms with Crippen LogP contribution in [0.3, 0.4) is 0 Å². The molecule has 2 N–H and O–H groups in total.